The molecule has 2 N–H and O–H groups in total. The number of aromatic nitrogens is 1. The van der Waals surface area contributed by atoms with Crippen molar-refractivity contribution in [3.63, 3.8) is 0 Å². The third kappa shape index (κ3) is 5.71. The van der Waals surface area contributed by atoms with E-state index in [9.17, 15) is 4.79 Å². The zero-order chi connectivity index (χ0) is 16.7. The molecule has 0 saturated carbocycles. The Labute approximate surface area is 137 Å². The Morgan fingerprint density at radius 1 is 1.13 bits per heavy atom. The van der Waals surface area contributed by atoms with Crippen molar-refractivity contribution in [3.05, 3.63) is 53.7 Å². The van der Waals surface area contributed by atoms with Crippen LogP contribution in [0.4, 0.5) is 11.5 Å². The zero-order valence-corrected chi connectivity index (χ0v) is 14.0. The molecule has 0 aliphatic rings. The van der Waals surface area contributed by atoms with Crippen LogP contribution in [0.2, 0.25) is 0 Å². The van der Waals surface area contributed by atoms with Gasteiger partial charge < -0.3 is 15.5 Å². The van der Waals surface area contributed by atoms with E-state index in [4.69, 9.17) is 0 Å². The van der Waals surface area contributed by atoms with E-state index >= 15 is 0 Å². The Morgan fingerprint density at radius 2 is 1.87 bits per heavy atom. The van der Waals surface area contributed by atoms with E-state index in [2.05, 4.69) is 34.6 Å². The first-order chi connectivity index (χ1) is 11.0. The molecule has 1 amide bonds. The largest absolute Gasteiger partial charge is 0.370 e. The highest BCUT2D eigenvalue weighted by atomic mass is 16.1. The standard InChI is InChI=1S/C18H24N4O/c1-14-5-7-15(8-6-14)18(23)21-16-9-10-17(20-13-16)19-11-4-12-22(2)3/h5-10,13H,4,11-12H2,1-3H3,(H,19,20)(H,21,23). The number of carbonyl (C=O) groups is 1. The fourth-order valence-corrected chi connectivity index (χ4v) is 2.09. The zero-order valence-electron chi connectivity index (χ0n) is 14.0. The summed E-state index contributed by atoms with van der Waals surface area (Å²) < 4.78 is 0. The van der Waals surface area contributed by atoms with E-state index in [0.29, 0.717) is 11.3 Å². The van der Waals surface area contributed by atoms with Gasteiger partial charge in [0.1, 0.15) is 5.82 Å². The fourth-order valence-electron chi connectivity index (χ4n) is 2.09. The summed E-state index contributed by atoms with van der Waals surface area (Å²) in [5, 5.41) is 6.12. The normalized spacial score (nSPS) is 10.6. The van der Waals surface area contributed by atoms with Gasteiger partial charge in [0.2, 0.25) is 0 Å². The van der Waals surface area contributed by atoms with Crippen molar-refractivity contribution in [2.24, 2.45) is 0 Å². The molecule has 0 unspecified atom stereocenters. The van der Waals surface area contributed by atoms with Gasteiger partial charge in [0.25, 0.3) is 5.91 Å². The average Bonchev–Trinajstić information content (AvgIpc) is 2.53. The summed E-state index contributed by atoms with van der Waals surface area (Å²) in [6.45, 7) is 3.91. The molecule has 2 aromatic rings. The van der Waals surface area contributed by atoms with Crippen molar-refractivity contribution in [3.8, 4) is 0 Å². The number of anilines is 2. The predicted octanol–water partition coefficient (Wildman–Crippen LogP) is 3.01. The fraction of sp³-hybridized carbons (Fsp3) is 0.333. The lowest BCUT2D eigenvalue weighted by Gasteiger charge is -2.10. The Balaban J connectivity index is 1.84. The molecule has 23 heavy (non-hydrogen) atoms. The molecule has 0 saturated heterocycles. The Kier molecular flexibility index (Phi) is 6.11. The second kappa shape index (κ2) is 8.29. The van der Waals surface area contributed by atoms with Crippen molar-refractivity contribution in [1.82, 2.24) is 9.88 Å². The quantitative estimate of drug-likeness (QED) is 0.772. The van der Waals surface area contributed by atoms with Crippen molar-refractivity contribution in [2.45, 2.75) is 13.3 Å². The second-order valence-corrected chi connectivity index (χ2v) is 5.84. The van der Waals surface area contributed by atoms with Gasteiger partial charge in [-0.1, -0.05) is 17.7 Å². The Bertz CT molecular complexity index is 620. The highest BCUT2D eigenvalue weighted by molar-refractivity contribution is 6.04. The molecular weight excluding hydrogens is 288 g/mol. The van der Waals surface area contributed by atoms with Crippen molar-refractivity contribution in [1.29, 1.82) is 0 Å². The number of hydrogen-bond acceptors (Lipinski definition) is 4. The molecule has 5 nitrogen and oxygen atoms in total. The van der Waals surface area contributed by atoms with Crippen molar-refractivity contribution >= 4 is 17.4 Å². The van der Waals surface area contributed by atoms with Crippen LogP contribution in [0.15, 0.2) is 42.6 Å². The van der Waals surface area contributed by atoms with E-state index in [1.807, 2.05) is 43.3 Å². The molecule has 0 aliphatic carbocycles. The van der Waals surface area contributed by atoms with E-state index in [1.54, 1.807) is 6.20 Å². The van der Waals surface area contributed by atoms with Crippen molar-refractivity contribution < 1.29 is 4.79 Å². The third-order valence-corrected chi connectivity index (χ3v) is 3.42. The first-order valence-electron chi connectivity index (χ1n) is 7.77. The summed E-state index contributed by atoms with van der Waals surface area (Å²) in [4.78, 5) is 18.6. The molecule has 0 bridgehead atoms. The van der Waals surface area contributed by atoms with Gasteiger partial charge in [-0.25, -0.2) is 4.98 Å². The number of aryl methyl sites for hydroxylation is 1. The molecular formula is C18H24N4O. The smallest absolute Gasteiger partial charge is 0.255 e. The molecule has 0 radical (unpaired) electrons. The lowest BCUT2D eigenvalue weighted by Crippen LogP contribution is -2.16. The second-order valence-electron chi connectivity index (χ2n) is 5.84. The SMILES string of the molecule is Cc1ccc(C(=O)Nc2ccc(NCCCN(C)C)nc2)cc1. The minimum atomic E-state index is -0.126. The van der Waals surface area contributed by atoms with Gasteiger partial charge in [-0.2, -0.15) is 0 Å². The molecule has 1 heterocycles. The van der Waals surface area contributed by atoms with E-state index in [0.717, 1.165) is 30.9 Å². The highest BCUT2D eigenvalue weighted by Gasteiger charge is 2.05. The highest BCUT2D eigenvalue weighted by Crippen LogP contribution is 2.12. The minimum Gasteiger partial charge on any atom is -0.370 e. The Morgan fingerprint density at radius 3 is 2.48 bits per heavy atom. The first kappa shape index (κ1) is 17.0. The van der Waals surface area contributed by atoms with E-state index < -0.39 is 0 Å². The van der Waals surface area contributed by atoms with Gasteiger partial charge in [-0.05, 0) is 58.3 Å². The van der Waals surface area contributed by atoms with Gasteiger partial charge in [-0.3, -0.25) is 4.79 Å². The number of pyridine rings is 1. The van der Waals surface area contributed by atoms with Crippen LogP contribution in [-0.4, -0.2) is 43.0 Å². The van der Waals surface area contributed by atoms with Gasteiger partial charge in [-0.15, -0.1) is 0 Å². The van der Waals surface area contributed by atoms with Crippen LogP contribution in [0.25, 0.3) is 0 Å². The average molecular weight is 312 g/mol. The number of nitrogens with one attached hydrogen (secondary N) is 2. The maximum Gasteiger partial charge on any atom is 0.255 e. The summed E-state index contributed by atoms with van der Waals surface area (Å²) >= 11 is 0. The third-order valence-electron chi connectivity index (χ3n) is 3.42. The summed E-state index contributed by atoms with van der Waals surface area (Å²) in [5.41, 5.74) is 2.46. The van der Waals surface area contributed by atoms with Gasteiger partial charge in [0, 0.05) is 12.1 Å². The molecule has 1 aromatic heterocycles. The molecule has 0 spiro atoms. The minimum absolute atomic E-state index is 0.126. The number of carbonyl (C=O) groups excluding carboxylic acids is 1. The molecule has 122 valence electrons. The summed E-state index contributed by atoms with van der Waals surface area (Å²) in [6, 6.07) is 11.2. The van der Waals surface area contributed by atoms with E-state index in [1.165, 1.54) is 0 Å². The van der Waals surface area contributed by atoms with Crippen molar-refractivity contribution in [2.75, 3.05) is 37.8 Å². The lowest BCUT2D eigenvalue weighted by atomic mass is 10.1. The van der Waals surface area contributed by atoms with Crippen LogP contribution in [0.3, 0.4) is 0 Å². The van der Waals surface area contributed by atoms with E-state index in [-0.39, 0.29) is 5.91 Å². The van der Waals surface area contributed by atoms with Gasteiger partial charge >= 0.3 is 0 Å². The number of rotatable bonds is 7. The van der Waals surface area contributed by atoms with Crippen LogP contribution in [0, 0.1) is 6.92 Å². The number of nitrogens with zero attached hydrogens (tertiary/aromatic N) is 2. The number of amides is 1. The lowest BCUT2D eigenvalue weighted by molar-refractivity contribution is 0.102. The molecule has 1 aromatic carbocycles. The van der Waals surface area contributed by atoms with Crippen LogP contribution in [-0.2, 0) is 0 Å². The maximum atomic E-state index is 12.1. The summed E-state index contributed by atoms with van der Waals surface area (Å²) in [7, 11) is 4.12. The van der Waals surface area contributed by atoms with Crippen LogP contribution in [0.5, 0.6) is 0 Å². The summed E-state index contributed by atoms with van der Waals surface area (Å²) in [6.07, 6.45) is 2.72. The monoisotopic (exact) mass is 312 g/mol. The predicted molar refractivity (Wildman–Crippen MR) is 95.0 cm³/mol. The Hall–Kier alpha value is -2.40. The maximum absolute atomic E-state index is 12.1. The summed E-state index contributed by atoms with van der Waals surface area (Å²) in [5.74, 6) is 0.690. The van der Waals surface area contributed by atoms with Gasteiger partial charge in [0.15, 0.2) is 0 Å². The molecule has 5 heteroatoms. The molecule has 0 fully saturated rings. The molecule has 0 atom stereocenters. The van der Waals surface area contributed by atoms with Crippen LogP contribution >= 0.6 is 0 Å². The topological polar surface area (TPSA) is 57.3 Å². The molecule has 0 aliphatic heterocycles. The van der Waals surface area contributed by atoms with Crippen LogP contribution < -0.4 is 10.6 Å². The van der Waals surface area contributed by atoms with Crippen LogP contribution in [0.1, 0.15) is 22.3 Å². The number of benzene rings is 1. The van der Waals surface area contributed by atoms with Gasteiger partial charge in [0.05, 0.1) is 11.9 Å². The first-order valence-corrected chi connectivity index (χ1v) is 7.77. The number of hydrogen-bond donors (Lipinski definition) is 2. The molecule has 2 rings (SSSR count).